The molecule has 94 valence electrons. The van der Waals surface area contributed by atoms with Crippen LogP contribution in [-0.2, 0) is 11.3 Å². The lowest BCUT2D eigenvalue weighted by Crippen LogP contribution is -2.36. The van der Waals surface area contributed by atoms with Crippen LogP contribution < -0.4 is 0 Å². The Morgan fingerprint density at radius 2 is 1.82 bits per heavy atom. The highest BCUT2D eigenvalue weighted by atomic mass is 16.3. The Bertz CT molecular complexity index is 360. The van der Waals surface area contributed by atoms with Gasteiger partial charge in [0.2, 0.25) is 5.91 Å². The van der Waals surface area contributed by atoms with Crippen LogP contribution in [0.3, 0.4) is 0 Å². The van der Waals surface area contributed by atoms with E-state index in [4.69, 9.17) is 0 Å². The molecule has 17 heavy (non-hydrogen) atoms. The zero-order valence-electron chi connectivity index (χ0n) is 10.7. The average Bonchev–Trinajstić information content (AvgIpc) is 2.30. The Balaban J connectivity index is 2.57. The number of benzene rings is 1. The van der Waals surface area contributed by atoms with Crippen molar-refractivity contribution in [2.24, 2.45) is 0 Å². The van der Waals surface area contributed by atoms with Crippen LogP contribution >= 0.6 is 0 Å². The highest BCUT2D eigenvalue weighted by Crippen LogP contribution is 2.11. The number of phenols is 1. The molecule has 0 heterocycles. The van der Waals surface area contributed by atoms with Crippen molar-refractivity contribution < 1.29 is 9.90 Å². The summed E-state index contributed by atoms with van der Waals surface area (Å²) in [5.41, 5.74) is 1.09. The van der Waals surface area contributed by atoms with Crippen LogP contribution in [0.5, 0.6) is 5.75 Å². The van der Waals surface area contributed by atoms with Crippen molar-refractivity contribution in [3.8, 4) is 5.75 Å². The molecule has 0 atom stereocenters. The maximum absolute atomic E-state index is 11.6. The third-order valence-electron chi connectivity index (χ3n) is 2.65. The maximum Gasteiger partial charge on any atom is 0.236 e. The van der Waals surface area contributed by atoms with Crippen LogP contribution in [0.1, 0.15) is 12.5 Å². The molecule has 0 aliphatic rings. The third-order valence-corrected chi connectivity index (χ3v) is 2.65. The van der Waals surface area contributed by atoms with E-state index in [1.165, 1.54) is 0 Å². The van der Waals surface area contributed by atoms with Crippen molar-refractivity contribution in [1.29, 1.82) is 0 Å². The van der Waals surface area contributed by atoms with Crippen molar-refractivity contribution in [2.45, 2.75) is 13.5 Å². The molecular formula is C13H20N2O2. The van der Waals surface area contributed by atoms with Gasteiger partial charge < -0.3 is 10.0 Å². The lowest BCUT2D eigenvalue weighted by molar-refractivity contribution is -0.130. The number of likely N-dealkylation sites (N-methyl/N-ethyl adjacent to an activating group) is 2. The quantitative estimate of drug-likeness (QED) is 0.838. The minimum atomic E-state index is 0.102. The fourth-order valence-electron chi connectivity index (χ4n) is 1.47. The van der Waals surface area contributed by atoms with E-state index < -0.39 is 0 Å². The summed E-state index contributed by atoms with van der Waals surface area (Å²) in [6.07, 6.45) is 0. The normalized spacial score (nSPS) is 10.6. The number of carbonyl (C=O) groups excluding carboxylic acids is 1. The summed E-state index contributed by atoms with van der Waals surface area (Å²) >= 11 is 0. The molecule has 0 saturated carbocycles. The summed E-state index contributed by atoms with van der Waals surface area (Å²) in [5, 5.41) is 9.19. The summed E-state index contributed by atoms with van der Waals surface area (Å²) in [4.78, 5) is 15.3. The molecule has 4 heteroatoms. The number of hydrogen-bond donors (Lipinski definition) is 1. The van der Waals surface area contributed by atoms with Crippen LogP contribution in [0.4, 0.5) is 0 Å². The lowest BCUT2D eigenvalue weighted by Gasteiger charge is -2.21. The first kappa shape index (κ1) is 13.5. The molecule has 0 radical (unpaired) electrons. The van der Waals surface area contributed by atoms with Crippen molar-refractivity contribution >= 4 is 5.91 Å². The average molecular weight is 236 g/mol. The van der Waals surface area contributed by atoms with Gasteiger partial charge in [0.15, 0.2) is 0 Å². The maximum atomic E-state index is 11.6. The molecule has 0 aromatic heterocycles. The molecule has 4 nitrogen and oxygen atoms in total. The Morgan fingerprint density at radius 3 is 2.29 bits per heavy atom. The number of phenolic OH excluding ortho intramolecular Hbond substituents is 1. The molecule has 1 rings (SSSR count). The molecular weight excluding hydrogens is 216 g/mol. The van der Waals surface area contributed by atoms with Gasteiger partial charge in [0.05, 0.1) is 6.54 Å². The van der Waals surface area contributed by atoms with Gasteiger partial charge in [-0.1, -0.05) is 19.1 Å². The van der Waals surface area contributed by atoms with E-state index in [1.807, 2.05) is 19.1 Å². The number of nitrogens with zero attached hydrogens (tertiary/aromatic N) is 2. The smallest absolute Gasteiger partial charge is 0.236 e. The van der Waals surface area contributed by atoms with Crippen LogP contribution in [0.2, 0.25) is 0 Å². The molecule has 1 aromatic rings. The second kappa shape index (κ2) is 6.25. The minimum absolute atomic E-state index is 0.102. The minimum Gasteiger partial charge on any atom is -0.508 e. The topological polar surface area (TPSA) is 43.8 Å². The summed E-state index contributed by atoms with van der Waals surface area (Å²) in [6.45, 7) is 3.99. The monoisotopic (exact) mass is 236 g/mol. The molecule has 1 N–H and O–H groups in total. The SMILES string of the molecule is CCN(CC(=O)N(C)C)Cc1ccc(O)cc1. The Labute approximate surface area is 102 Å². The van der Waals surface area contributed by atoms with E-state index in [-0.39, 0.29) is 11.7 Å². The van der Waals surface area contributed by atoms with Crippen molar-refractivity contribution in [3.05, 3.63) is 29.8 Å². The second-order valence-electron chi connectivity index (χ2n) is 4.26. The number of aromatic hydroxyl groups is 1. The number of amides is 1. The van der Waals surface area contributed by atoms with Crippen molar-refractivity contribution in [2.75, 3.05) is 27.2 Å². The molecule has 0 bridgehead atoms. The Hall–Kier alpha value is -1.55. The number of hydrogen-bond acceptors (Lipinski definition) is 3. The van der Waals surface area contributed by atoms with Gasteiger partial charge in [-0.3, -0.25) is 9.69 Å². The summed E-state index contributed by atoms with van der Waals surface area (Å²) in [6, 6.07) is 7.07. The first-order valence-corrected chi connectivity index (χ1v) is 5.73. The highest BCUT2D eigenvalue weighted by Gasteiger charge is 2.10. The van der Waals surface area contributed by atoms with E-state index in [0.29, 0.717) is 6.54 Å². The van der Waals surface area contributed by atoms with Gasteiger partial charge >= 0.3 is 0 Å². The standard InChI is InChI=1S/C13H20N2O2/c1-4-15(10-13(17)14(2)3)9-11-5-7-12(16)8-6-11/h5-8,16H,4,9-10H2,1-3H3. The fraction of sp³-hybridized carbons (Fsp3) is 0.462. The fourth-order valence-corrected chi connectivity index (χ4v) is 1.47. The van der Waals surface area contributed by atoms with Crippen LogP contribution in [0.15, 0.2) is 24.3 Å². The molecule has 0 aliphatic heterocycles. The first-order valence-electron chi connectivity index (χ1n) is 5.73. The van der Waals surface area contributed by atoms with E-state index >= 15 is 0 Å². The lowest BCUT2D eigenvalue weighted by atomic mass is 10.2. The zero-order valence-corrected chi connectivity index (χ0v) is 10.7. The first-order chi connectivity index (χ1) is 8.02. The number of carbonyl (C=O) groups is 1. The predicted molar refractivity (Wildman–Crippen MR) is 67.8 cm³/mol. The molecule has 0 spiro atoms. The molecule has 0 fully saturated rings. The molecule has 1 amide bonds. The van der Waals surface area contributed by atoms with Crippen LogP contribution in [-0.4, -0.2) is 48.0 Å². The van der Waals surface area contributed by atoms with Gasteiger partial charge in [0, 0.05) is 20.6 Å². The van der Waals surface area contributed by atoms with E-state index in [2.05, 4.69) is 4.90 Å². The van der Waals surface area contributed by atoms with E-state index in [9.17, 15) is 9.90 Å². The van der Waals surface area contributed by atoms with Crippen LogP contribution in [0.25, 0.3) is 0 Å². The van der Waals surface area contributed by atoms with E-state index in [0.717, 1.165) is 18.7 Å². The van der Waals surface area contributed by atoms with Gasteiger partial charge in [-0.2, -0.15) is 0 Å². The number of rotatable bonds is 5. The second-order valence-corrected chi connectivity index (χ2v) is 4.26. The van der Waals surface area contributed by atoms with Gasteiger partial charge in [-0.25, -0.2) is 0 Å². The predicted octanol–water partition coefficient (Wildman–Crippen LogP) is 1.30. The zero-order chi connectivity index (χ0) is 12.8. The Morgan fingerprint density at radius 1 is 1.24 bits per heavy atom. The molecule has 1 aromatic carbocycles. The highest BCUT2D eigenvalue weighted by molar-refractivity contribution is 5.77. The Kier molecular flexibility index (Phi) is 4.97. The third kappa shape index (κ3) is 4.44. The van der Waals surface area contributed by atoms with Gasteiger partial charge in [0.25, 0.3) is 0 Å². The summed E-state index contributed by atoms with van der Waals surface area (Å²) < 4.78 is 0. The van der Waals surface area contributed by atoms with Gasteiger partial charge in [0.1, 0.15) is 5.75 Å². The van der Waals surface area contributed by atoms with Gasteiger partial charge in [-0.15, -0.1) is 0 Å². The molecule has 0 aliphatic carbocycles. The van der Waals surface area contributed by atoms with Crippen molar-refractivity contribution in [3.63, 3.8) is 0 Å². The largest absolute Gasteiger partial charge is 0.508 e. The van der Waals surface area contributed by atoms with E-state index in [1.54, 1.807) is 31.1 Å². The van der Waals surface area contributed by atoms with Crippen LogP contribution in [0, 0.1) is 0 Å². The molecule has 0 unspecified atom stereocenters. The molecule has 0 saturated heterocycles. The van der Waals surface area contributed by atoms with Crippen molar-refractivity contribution in [1.82, 2.24) is 9.80 Å². The summed E-state index contributed by atoms with van der Waals surface area (Å²) in [7, 11) is 3.52. The summed E-state index contributed by atoms with van der Waals surface area (Å²) in [5.74, 6) is 0.367. The van der Waals surface area contributed by atoms with Gasteiger partial charge in [-0.05, 0) is 24.2 Å².